The number of ether oxygens (including phenoxy) is 1. The van der Waals surface area contributed by atoms with Crippen molar-refractivity contribution in [1.82, 2.24) is 0 Å². The molecule has 1 N–H and O–H groups in total. The van der Waals surface area contributed by atoms with Crippen molar-refractivity contribution in [3.05, 3.63) is 29.6 Å². The Morgan fingerprint density at radius 3 is 2.62 bits per heavy atom. The van der Waals surface area contributed by atoms with E-state index in [0.29, 0.717) is 0 Å². The first kappa shape index (κ1) is 10.6. The quantitative estimate of drug-likeness (QED) is 0.623. The standard InChI is InChI=1S/C11H9FO4/c12-6-1-4-9(16-7-2-3-7)8(5-6)10(13)11(14)15/h1,4-5,7H,2-3H2,(H,14,15). The molecule has 0 spiro atoms. The van der Waals surface area contributed by atoms with E-state index in [1.807, 2.05) is 0 Å². The van der Waals surface area contributed by atoms with E-state index in [2.05, 4.69) is 0 Å². The normalized spacial score (nSPS) is 14.6. The Morgan fingerprint density at radius 1 is 1.38 bits per heavy atom. The summed E-state index contributed by atoms with van der Waals surface area (Å²) in [5.74, 6) is -3.30. The molecule has 1 aliphatic carbocycles. The predicted molar refractivity (Wildman–Crippen MR) is 52.0 cm³/mol. The molecule has 4 nitrogen and oxygen atoms in total. The fraction of sp³-hybridized carbons (Fsp3) is 0.273. The lowest BCUT2D eigenvalue weighted by Gasteiger charge is -2.08. The number of halogens is 1. The number of rotatable bonds is 4. The topological polar surface area (TPSA) is 63.6 Å². The van der Waals surface area contributed by atoms with Gasteiger partial charge in [-0.1, -0.05) is 0 Å². The highest BCUT2D eigenvalue weighted by molar-refractivity contribution is 6.40. The largest absolute Gasteiger partial charge is 0.490 e. The molecule has 1 saturated carbocycles. The number of hydrogen-bond donors (Lipinski definition) is 1. The van der Waals surface area contributed by atoms with Gasteiger partial charge >= 0.3 is 5.97 Å². The molecule has 0 atom stereocenters. The summed E-state index contributed by atoms with van der Waals surface area (Å²) in [5.41, 5.74) is -0.237. The van der Waals surface area contributed by atoms with E-state index in [1.165, 1.54) is 6.07 Å². The third-order valence-electron chi connectivity index (χ3n) is 2.20. The number of carbonyl (C=O) groups is 2. The van der Waals surface area contributed by atoms with Gasteiger partial charge in [-0.15, -0.1) is 0 Å². The van der Waals surface area contributed by atoms with Crippen LogP contribution in [0.15, 0.2) is 18.2 Å². The Labute approximate surface area is 90.6 Å². The van der Waals surface area contributed by atoms with E-state index < -0.39 is 17.6 Å². The third kappa shape index (κ3) is 2.18. The zero-order valence-corrected chi connectivity index (χ0v) is 8.27. The fourth-order valence-corrected chi connectivity index (χ4v) is 1.26. The van der Waals surface area contributed by atoms with Gasteiger partial charge in [-0.05, 0) is 31.0 Å². The van der Waals surface area contributed by atoms with E-state index in [0.717, 1.165) is 25.0 Å². The van der Waals surface area contributed by atoms with Crippen molar-refractivity contribution < 1.29 is 23.8 Å². The summed E-state index contributed by atoms with van der Waals surface area (Å²) >= 11 is 0. The van der Waals surface area contributed by atoms with Gasteiger partial charge in [0.2, 0.25) is 0 Å². The molecule has 5 heteroatoms. The molecule has 0 aromatic heterocycles. The van der Waals surface area contributed by atoms with Crippen LogP contribution in [-0.4, -0.2) is 23.0 Å². The van der Waals surface area contributed by atoms with E-state index in [9.17, 15) is 14.0 Å². The summed E-state index contributed by atoms with van der Waals surface area (Å²) in [4.78, 5) is 21.8. The van der Waals surface area contributed by atoms with Gasteiger partial charge < -0.3 is 9.84 Å². The van der Waals surface area contributed by atoms with Crippen LogP contribution in [0.1, 0.15) is 23.2 Å². The smallest absolute Gasteiger partial charge is 0.377 e. The van der Waals surface area contributed by atoms with Crippen LogP contribution in [0, 0.1) is 5.82 Å². The van der Waals surface area contributed by atoms with E-state index in [4.69, 9.17) is 9.84 Å². The lowest BCUT2D eigenvalue weighted by atomic mass is 10.1. The zero-order chi connectivity index (χ0) is 11.7. The van der Waals surface area contributed by atoms with Crippen LogP contribution in [0.2, 0.25) is 0 Å². The van der Waals surface area contributed by atoms with Crippen LogP contribution >= 0.6 is 0 Å². The van der Waals surface area contributed by atoms with Crippen molar-refractivity contribution in [2.75, 3.05) is 0 Å². The maximum absolute atomic E-state index is 12.9. The molecule has 2 rings (SSSR count). The molecule has 1 fully saturated rings. The number of Topliss-reactive ketones (excluding diaryl/α,β-unsaturated/α-hetero) is 1. The number of benzene rings is 1. The maximum Gasteiger partial charge on any atom is 0.377 e. The minimum atomic E-state index is -1.62. The Kier molecular flexibility index (Phi) is 2.60. The zero-order valence-electron chi connectivity index (χ0n) is 8.27. The van der Waals surface area contributed by atoms with Crippen LogP contribution in [0.5, 0.6) is 5.75 Å². The highest BCUT2D eigenvalue weighted by atomic mass is 19.1. The molecule has 84 valence electrons. The summed E-state index contributed by atoms with van der Waals surface area (Å²) in [6.45, 7) is 0. The predicted octanol–water partition coefficient (Wildman–Crippen LogP) is 1.63. The summed E-state index contributed by atoms with van der Waals surface area (Å²) in [7, 11) is 0. The van der Waals surface area contributed by atoms with Gasteiger partial charge in [-0.2, -0.15) is 0 Å². The Morgan fingerprint density at radius 2 is 2.06 bits per heavy atom. The molecule has 16 heavy (non-hydrogen) atoms. The lowest BCUT2D eigenvalue weighted by Crippen LogP contribution is -2.15. The van der Waals surface area contributed by atoms with Gasteiger partial charge in [-0.3, -0.25) is 4.79 Å². The maximum atomic E-state index is 12.9. The van der Waals surface area contributed by atoms with Gasteiger partial charge in [0.25, 0.3) is 5.78 Å². The number of hydrogen-bond acceptors (Lipinski definition) is 3. The average molecular weight is 224 g/mol. The number of carbonyl (C=O) groups excluding carboxylic acids is 1. The average Bonchev–Trinajstić information content (AvgIpc) is 3.03. The summed E-state index contributed by atoms with van der Waals surface area (Å²) in [5, 5.41) is 8.57. The second-order valence-electron chi connectivity index (χ2n) is 3.59. The monoisotopic (exact) mass is 224 g/mol. The molecule has 1 aliphatic rings. The number of ketones is 1. The van der Waals surface area contributed by atoms with Crippen LogP contribution in [0.4, 0.5) is 4.39 Å². The molecule has 0 unspecified atom stereocenters. The molecule has 0 heterocycles. The van der Waals surface area contributed by atoms with Crippen molar-refractivity contribution >= 4 is 11.8 Å². The first-order chi connectivity index (χ1) is 7.58. The van der Waals surface area contributed by atoms with Crippen LogP contribution < -0.4 is 4.74 Å². The van der Waals surface area contributed by atoms with Gasteiger partial charge in [-0.25, -0.2) is 9.18 Å². The Balaban J connectivity index is 2.34. The van der Waals surface area contributed by atoms with Crippen molar-refractivity contribution in [3.63, 3.8) is 0 Å². The molecular formula is C11H9FO4. The Bertz CT molecular complexity index is 451. The van der Waals surface area contributed by atoms with Gasteiger partial charge in [0.05, 0.1) is 11.7 Å². The first-order valence-corrected chi connectivity index (χ1v) is 4.82. The molecule has 0 bridgehead atoms. The molecule has 1 aromatic rings. The highest BCUT2D eigenvalue weighted by Gasteiger charge is 2.27. The lowest BCUT2D eigenvalue weighted by molar-refractivity contribution is -0.131. The minimum Gasteiger partial charge on any atom is -0.490 e. The van der Waals surface area contributed by atoms with Crippen molar-refractivity contribution in [3.8, 4) is 5.75 Å². The molecule has 0 amide bonds. The summed E-state index contributed by atoms with van der Waals surface area (Å²) in [6, 6.07) is 3.30. The van der Waals surface area contributed by atoms with Gasteiger partial charge in [0.1, 0.15) is 11.6 Å². The summed E-state index contributed by atoms with van der Waals surface area (Å²) in [6.07, 6.45) is 1.77. The second kappa shape index (κ2) is 3.92. The second-order valence-corrected chi connectivity index (χ2v) is 3.59. The van der Waals surface area contributed by atoms with Crippen molar-refractivity contribution in [2.45, 2.75) is 18.9 Å². The van der Waals surface area contributed by atoms with Gasteiger partial charge in [0.15, 0.2) is 0 Å². The van der Waals surface area contributed by atoms with E-state index in [-0.39, 0.29) is 17.4 Å². The SMILES string of the molecule is O=C(O)C(=O)c1cc(F)ccc1OC1CC1. The van der Waals surface area contributed by atoms with Crippen LogP contribution in [-0.2, 0) is 4.79 Å². The Hall–Kier alpha value is -1.91. The molecule has 0 radical (unpaired) electrons. The number of carboxylic acids is 1. The minimum absolute atomic E-state index is 0.0193. The van der Waals surface area contributed by atoms with Crippen molar-refractivity contribution in [1.29, 1.82) is 0 Å². The third-order valence-corrected chi connectivity index (χ3v) is 2.20. The number of aliphatic carboxylic acids is 1. The van der Waals surface area contributed by atoms with E-state index in [1.54, 1.807) is 0 Å². The first-order valence-electron chi connectivity index (χ1n) is 4.82. The van der Waals surface area contributed by atoms with Gasteiger partial charge in [0, 0.05) is 0 Å². The fourth-order valence-electron chi connectivity index (χ4n) is 1.26. The van der Waals surface area contributed by atoms with Crippen LogP contribution in [0.25, 0.3) is 0 Å². The van der Waals surface area contributed by atoms with E-state index >= 15 is 0 Å². The van der Waals surface area contributed by atoms with Crippen LogP contribution in [0.3, 0.4) is 0 Å². The van der Waals surface area contributed by atoms with Crippen molar-refractivity contribution in [2.24, 2.45) is 0 Å². The number of carboxylic acid groups (broad SMARTS) is 1. The highest BCUT2D eigenvalue weighted by Crippen LogP contribution is 2.29. The summed E-state index contributed by atoms with van der Waals surface area (Å²) < 4.78 is 18.3. The molecule has 1 aromatic carbocycles. The molecule has 0 aliphatic heterocycles. The molecule has 0 saturated heterocycles. The molecular weight excluding hydrogens is 215 g/mol.